The summed E-state index contributed by atoms with van der Waals surface area (Å²) in [6.45, 7) is 2.33. The largest absolute Gasteiger partial charge is 0.478 e. The Morgan fingerprint density at radius 2 is 1.69 bits per heavy atom. The number of aromatic nitrogens is 1. The standard InChI is InChI=1S/C26H24F3N5O2/c1-32-21-15-18(25(35)36)7-9-20(21)31-23(17-5-3-2-4-6-17)24(32)34-13-11-33(12-14-34)22-10-8-19(16-30-22)26(27,28)29/h2-10,15-16,21H,11-14H2,1H3,(H,35,36). The minimum atomic E-state index is -4.42. The average molecular weight is 496 g/mol. The van der Waals surface area contributed by atoms with Gasteiger partial charge in [0.15, 0.2) is 0 Å². The number of carboxylic acids is 1. The highest BCUT2D eigenvalue weighted by atomic mass is 19.4. The monoisotopic (exact) mass is 495 g/mol. The summed E-state index contributed by atoms with van der Waals surface area (Å²) in [7, 11) is 1.93. The number of carbonyl (C=O) groups is 1. The molecule has 5 rings (SSSR count). The average Bonchev–Trinajstić information content (AvgIpc) is 2.88. The molecule has 1 aromatic heterocycles. The fraction of sp³-hybridized carbons (Fsp3) is 0.269. The second kappa shape index (κ2) is 9.18. The first-order valence-electron chi connectivity index (χ1n) is 11.5. The van der Waals surface area contributed by atoms with Gasteiger partial charge in [0.25, 0.3) is 0 Å². The molecule has 1 aliphatic carbocycles. The Bertz CT molecular complexity index is 1270. The quantitative estimate of drug-likeness (QED) is 0.694. The third-order valence-electron chi connectivity index (χ3n) is 6.55. The van der Waals surface area contributed by atoms with Crippen LogP contribution in [-0.4, -0.2) is 70.8 Å². The molecule has 0 amide bonds. The number of likely N-dealkylation sites (N-methyl/N-ethyl adjacent to an activating group) is 1. The maximum absolute atomic E-state index is 12.9. The Morgan fingerprint density at radius 1 is 1.00 bits per heavy atom. The molecule has 1 N–H and O–H groups in total. The molecule has 10 heteroatoms. The van der Waals surface area contributed by atoms with Crippen LogP contribution in [0.4, 0.5) is 19.0 Å². The van der Waals surface area contributed by atoms with Crippen LogP contribution in [0.3, 0.4) is 0 Å². The Morgan fingerprint density at radius 3 is 2.31 bits per heavy atom. The van der Waals surface area contributed by atoms with E-state index in [0.29, 0.717) is 32.0 Å². The Labute approximate surface area is 206 Å². The number of hydrogen-bond acceptors (Lipinski definition) is 6. The number of piperazine rings is 1. The van der Waals surface area contributed by atoms with Crippen LogP contribution in [0, 0.1) is 0 Å². The molecular weight excluding hydrogens is 471 g/mol. The number of benzene rings is 1. The van der Waals surface area contributed by atoms with Gasteiger partial charge in [0, 0.05) is 45.0 Å². The molecule has 0 saturated carbocycles. The topological polar surface area (TPSA) is 72.3 Å². The van der Waals surface area contributed by atoms with E-state index >= 15 is 0 Å². The predicted octanol–water partition coefficient (Wildman–Crippen LogP) is 3.88. The van der Waals surface area contributed by atoms with Crippen molar-refractivity contribution in [3.05, 3.63) is 89.4 Å². The van der Waals surface area contributed by atoms with Crippen LogP contribution in [-0.2, 0) is 11.0 Å². The first-order chi connectivity index (χ1) is 17.2. The molecule has 7 nitrogen and oxygen atoms in total. The number of carboxylic acid groups (broad SMARTS) is 1. The van der Waals surface area contributed by atoms with E-state index in [0.717, 1.165) is 35.1 Å². The molecule has 1 saturated heterocycles. The van der Waals surface area contributed by atoms with Crippen LogP contribution in [0.2, 0.25) is 0 Å². The van der Waals surface area contributed by atoms with E-state index in [-0.39, 0.29) is 11.6 Å². The van der Waals surface area contributed by atoms with Crippen LogP contribution in [0.1, 0.15) is 11.1 Å². The van der Waals surface area contributed by atoms with Crippen molar-refractivity contribution in [1.29, 1.82) is 0 Å². The number of rotatable bonds is 4. The molecule has 1 unspecified atom stereocenters. The zero-order valence-electron chi connectivity index (χ0n) is 19.5. The Kier molecular flexibility index (Phi) is 6.03. The molecular formula is C26H24F3N5O2. The number of aliphatic carboxylic acids is 1. The highest BCUT2D eigenvalue weighted by Gasteiger charge is 2.35. The zero-order chi connectivity index (χ0) is 25.4. The number of hydrogen-bond donors (Lipinski definition) is 1. The first kappa shape index (κ1) is 23.7. The molecule has 3 aliphatic rings. The van der Waals surface area contributed by atoms with E-state index < -0.39 is 17.7 Å². The highest BCUT2D eigenvalue weighted by Crippen LogP contribution is 2.34. The van der Waals surface area contributed by atoms with Crippen molar-refractivity contribution in [3.63, 3.8) is 0 Å². The van der Waals surface area contributed by atoms with Crippen molar-refractivity contribution >= 4 is 23.2 Å². The molecule has 0 radical (unpaired) electrons. The summed E-state index contributed by atoms with van der Waals surface area (Å²) in [5.74, 6) is 0.394. The Balaban J connectivity index is 1.43. The second-order valence-corrected chi connectivity index (χ2v) is 8.77. The zero-order valence-corrected chi connectivity index (χ0v) is 19.5. The molecule has 1 aromatic carbocycles. The summed E-state index contributed by atoms with van der Waals surface area (Å²) in [4.78, 5) is 26.7. The number of nitrogens with zero attached hydrogens (tertiary/aromatic N) is 5. The van der Waals surface area contributed by atoms with Gasteiger partial charge < -0.3 is 19.8 Å². The maximum Gasteiger partial charge on any atom is 0.417 e. The summed E-state index contributed by atoms with van der Waals surface area (Å²) >= 11 is 0. The third-order valence-corrected chi connectivity index (χ3v) is 6.55. The summed E-state index contributed by atoms with van der Waals surface area (Å²) in [6, 6.07) is 11.9. The van der Waals surface area contributed by atoms with Crippen molar-refractivity contribution in [2.45, 2.75) is 12.2 Å². The van der Waals surface area contributed by atoms with Gasteiger partial charge in [-0.2, -0.15) is 13.2 Å². The van der Waals surface area contributed by atoms with Gasteiger partial charge in [0.1, 0.15) is 17.3 Å². The first-order valence-corrected chi connectivity index (χ1v) is 11.5. The van der Waals surface area contributed by atoms with Gasteiger partial charge in [-0.3, -0.25) is 0 Å². The SMILES string of the molecule is CN1C(N2CCN(c3ccc(C(F)(F)F)cn3)CC2)=C(c2ccccc2)N=C2C=CC(C(=O)O)=CC21. The molecule has 0 spiro atoms. The van der Waals surface area contributed by atoms with Crippen molar-refractivity contribution in [1.82, 2.24) is 14.8 Å². The van der Waals surface area contributed by atoms with E-state index in [1.165, 1.54) is 6.07 Å². The van der Waals surface area contributed by atoms with E-state index in [1.54, 1.807) is 18.2 Å². The maximum atomic E-state index is 12.9. The molecule has 2 aliphatic heterocycles. The van der Waals surface area contributed by atoms with Gasteiger partial charge >= 0.3 is 12.1 Å². The molecule has 0 bridgehead atoms. The number of aliphatic imine (C=N–C) groups is 1. The Hall–Kier alpha value is -4.08. The van der Waals surface area contributed by atoms with Crippen LogP contribution < -0.4 is 4.90 Å². The summed E-state index contributed by atoms with van der Waals surface area (Å²) in [5, 5.41) is 9.48. The van der Waals surface area contributed by atoms with Crippen LogP contribution in [0.15, 0.2) is 83.3 Å². The van der Waals surface area contributed by atoms with Crippen molar-refractivity contribution in [2.75, 3.05) is 38.1 Å². The lowest BCUT2D eigenvalue weighted by atomic mass is 9.96. The van der Waals surface area contributed by atoms with Gasteiger partial charge in [-0.15, -0.1) is 0 Å². The lowest BCUT2D eigenvalue weighted by molar-refractivity contribution is -0.138. The van der Waals surface area contributed by atoms with Gasteiger partial charge in [0.05, 0.1) is 22.9 Å². The predicted molar refractivity (Wildman–Crippen MR) is 130 cm³/mol. The second-order valence-electron chi connectivity index (χ2n) is 8.77. The number of alkyl halides is 3. The van der Waals surface area contributed by atoms with Gasteiger partial charge in [-0.1, -0.05) is 30.3 Å². The van der Waals surface area contributed by atoms with E-state index in [1.807, 2.05) is 47.2 Å². The van der Waals surface area contributed by atoms with E-state index in [9.17, 15) is 23.1 Å². The minimum Gasteiger partial charge on any atom is -0.478 e. The molecule has 1 fully saturated rings. The number of anilines is 1. The van der Waals surface area contributed by atoms with Gasteiger partial charge in [-0.05, 0) is 30.4 Å². The summed E-state index contributed by atoms with van der Waals surface area (Å²) in [5.41, 5.74) is 1.94. The van der Waals surface area contributed by atoms with Crippen LogP contribution in [0.25, 0.3) is 5.70 Å². The smallest absolute Gasteiger partial charge is 0.417 e. The van der Waals surface area contributed by atoms with Gasteiger partial charge in [-0.25, -0.2) is 14.8 Å². The van der Waals surface area contributed by atoms with E-state index in [2.05, 4.69) is 9.88 Å². The fourth-order valence-electron chi connectivity index (χ4n) is 4.67. The summed E-state index contributed by atoms with van der Waals surface area (Å²) < 4.78 is 38.7. The summed E-state index contributed by atoms with van der Waals surface area (Å²) in [6.07, 6.45) is 1.46. The van der Waals surface area contributed by atoms with Gasteiger partial charge in [0.2, 0.25) is 0 Å². The molecule has 36 heavy (non-hydrogen) atoms. The third kappa shape index (κ3) is 4.46. The molecule has 3 heterocycles. The van der Waals surface area contributed by atoms with E-state index in [4.69, 9.17) is 4.99 Å². The molecule has 2 aromatic rings. The highest BCUT2D eigenvalue weighted by molar-refractivity contribution is 6.09. The number of halogens is 3. The molecule has 186 valence electrons. The van der Waals surface area contributed by atoms with Crippen molar-refractivity contribution in [2.24, 2.45) is 4.99 Å². The lowest BCUT2D eigenvalue weighted by Crippen LogP contribution is -2.52. The van der Waals surface area contributed by atoms with Crippen molar-refractivity contribution in [3.8, 4) is 0 Å². The lowest BCUT2D eigenvalue weighted by Gasteiger charge is -2.45. The van der Waals surface area contributed by atoms with Crippen molar-refractivity contribution < 1.29 is 23.1 Å². The fourth-order valence-corrected chi connectivity index (χ4v) is 4.67. The minimum absolute atomic E-state index is 0.214. The van der Waals surface area contributed by atoms with Crippen LogP contribution in [0.5, 0.6) is 0 Å². The molecule has 1 atom stereocenters. The van der Waals surface area contributed by atoms with Crippen LogP contribution >= 0.6 is 0 Å². The number of pyridine rings is 1. The normalized spacial score (nSPS) is 20.2. The number of fused-ring (bicyclic) bond motifs is 1.